The number of hydrogen-bond donors (Lipinski definition) is 0. The zero-order chi connectivity index (χ0) is 27.7. The minimum Gasteiger partial charge on any atom is -0.424 e. The van der Waals surface area contributed by atoms with Gasteiger partial charge < -0.3 is 14.0 Å². The Balaban J connectivity index is 1.50. The van der Waals surface area contributed by atoms with Gasteiger partial charge in [0.15, 0.2) is 0 Å². The van der Waals surface area contributed by atoms with Crippen LogP contribution in [0, 0.1) is 13.8 Å². The Morgan fingerprint density at radius 2 is 1.46 bits per heavy atom. The largest absolute Gasteiger partial charge is 0.677 e. The van der Waals surface area contributed by atoms with E-state index in [-0.39, 0.29) is 17.3 Å². The van der Waals surface area contributed by atoms with E-state index >= 15 is 0 Å². The average Bonchev–Trinajstić information content (AvgIpc) is 3.37. The quantitative estimate of drug-likeness (QED) is 0.225. The highest BCUT2D eigenvalue weighted by Crippen LogP contribution is 2.37. The van der Waals surface area contributed by atoms with E-state index in [9.17, 15) is 8.63 Å². The summed E-state index contributed by atoms with van der Waals surface area (Å²) in [4.78, 5) is 16.9. The third-order valence-corrected chi connectivity index (χ3v) is 6.22. The van der Waals surface area contributed by atoms with Crippen molar-refractivity contribution in [3.8, 4) is 23.5 Å². The predicted octanol–water partition coefficient (Wildman–Crippen LogP) is 7.48. The van der Waals surface area contributed by atoms with Crippen LogP contribution in [-0.2, 0) is 0 Å². The van der Waals surface area contributed by atoms with Crippen LogP contribution in [0.3, 0.4) is 0 Å². The maximum Gasteiger partial charge on any atom is 0.677 e. The van der Waals surface area contributed by atoms with Crippen LogP contribution >= 0.6 is 11.6 Å². The van der Waals surface area contributed by atoms with Crippen molar-refractivity contribution in [2.24, 2.45) is 4.99 Å². The molecule has 4 aromatic rings. The molecular weight excluding hydrogens is 523 g/mol. The number of aryl methyl sites for hydroxylation is 2. The highest BCUT2D eigenvalue weighted by molar-refractivity contribution is 6.41. The summed E-state index contributed by atoms with van der Waals surface area (Å²) < 4.78 is 40.9. The van der Waals surface area contributed by atoms with Crippen molar-refractivity contribution in [3.05, 3.63) is 106 Å². The van der Waals surface area contributed by atoms with Gasteiger partial charge in [0.05, 0.1) is 5.70 Å². The fourth-order valence-corrected chi connectivity index (χ4v) is 4.64. The van der Waals surface area contributed by atoms with Gasteiger partial charge in [-0.1, -0.05) is 30.3 Å². The number of hydrogen-bond acceptors (Lipinski definition) is 6. The van der Waals surface area contributed by atoms with Crippen molar-refractivity contribution >= 4 is 30.3 Å². The van der Waals surface area contributed by atoms with Gasteiger partial charge in [-0.05, 0) is 92.4 Å². The molecule has 0 atom stereocenters. The van der Waals surface area contributed by atoms with Gasteiger partial charge >= 0.3 is 19.4 Å². The number of ether oxygens (including phenoxy) is 2. The van der Waals surface area contributed by atoms with Crippen molar-refractivity contribution in [2.75, 3.05) is 0 Å². The van der Waals surface area contributed by atoms with Crippen molar-refractivity contribution in [1.29, 1.82) is 0 Å². The normalized spacial score (nSPS) is 14.1. The summed E-state index contributed by atoms with van der Waals surface area (Å²) >= 11 is 6.06. The van der Waals surface area contributed by atoms with E-state index in [4.69, 9.17) is 21.1 Å². The van der Waals surface area contributed by atoms with E-state index in [0.29, 0.717) is 39.7 Å². The van der Waals surface area contributed by atoms with Crippen LogP contribution in [0.15, 0.2) is 83.0 Å². The minimum atomic E-state index is -2.71. The van der Waals surface area contributed by atoms with Crippen LogP contribution in [0.2, 0.25) is 5.28 Å². The van der Waals surface area contributed by atoms with Gasteiger partial charge in [-0.15, -0.1) is 4.98 Å². The lowest BCUT2D eigenvalue weighted by atomic mass is 9.94. The van der Waals surface area contributed by atoms with Crippen LogP contribution in [-0.4, -0.2) is 32.5 Å². The monoisotopic (exact) mass is 545 g/mol. The van der Waals surface area contributed by atoms with Crippen molar-refractivity contribution < 1.29 is 18.1 Å². The molecule has 2 aromatic carbocycles. The first kappa shape index (κ1) is 26.3. The van der Waals surface area contributed by atoms with Gasteiger partial charge in [0.1, 0.15) is 11.5 Å². The van der Waals surface area contributed by atoms with E-state index in [1.54, 1.807) is 49.4 Å². The molecule has 0 unspecified atom stereocenters. The summed E-state index contributed by atoms with van der Waals surface area (Å²) in [6, 6.07) is 17.7. The summed E-state index contributed by atoms with van der Waals surface area (Å²) in [7, 11) is -2.71. The molecule has 1 aliphatic rings. The van der Waals surface area contributed by atoms with E-state index < -0.39 is 7.40 Å². The Morgan fingerprint density at radius 3 is 2.03 bits per heavy atom. The van der Waals surface area contributed by atoms with E-state index in [2.05, 4.69) is 19.9 Å². The number of aliphatic imine (C=N–C) groups is 1. The molecule has 5 rings (SSSR count). The molecule has 0 aliphatic carbocycles. The molecule has 7 nitrogen and oxygen atoms in total. The van der Waals surface area contributed by atoms with Crippen molar-refractivity contribution in [3.63, 3.8) is 0 Å². The lowest BCUT2D eigenvalue weighted by molar-refractivity contribution is 0.397. The van der Waals surface area contributed by atoms with Gasteiger partial charge in [0, 0.05) is 22.7 Å². The summed E-state index contributed by atoms with van der Waals surface area (Å²) in [6.07, 6.45) is 1.93. The highest BCUT2D eigenvalue weighted by Gasteiger charge is 2.29. The van der Waals surface area contributed by atoms with Crippen LogP contribution in [0.1, 0.15) is 36.4 Å². The molecule has 0 radical (unpaired) electrons. The number of rotatable bonds is 7. The smallest absolute Gasteiger partial charge is 0.424 e. The summed E-state index contributed by atoms with van der Waals surface area (Å²) in [5.74, 6) is 0.940. The third kappa shape index (κ3) is 5.61. The highest BCUT2D eigenvalue weighted by atomic mass is 35.5. The molecule has 2 aromatic heterocycles. The molecule has 0 N–H and O–H groups in total. The van der Waals surface area contributed by atoms with Crippen LogP contribution in [0.4, 0.5) is 8.63 Å². The zero-order valence-electron chi connectivity index (χ0n) is 21.6. The number of benzene rings is 2. The van der Waals surface area contributed by atoms with Gasteiger partial charge in [-0.3, -0.25) is 13.6 Å². The van der Waals surface area contributed by atoms with E-state index in [1.165, 1.54) is 0 Å². The molecule has 39 heavy (non-hydrogen) atoms. The minimum absolute atomic E-state index is 0.0184. The number of halogens is 3. The zero-order valence-corrected chi connectivity index (χ0v) is 22.4. The number of aromatic nitrogens is 4. The second kappa shape index (κ2) is 10.8. The number of allylic oxidation sites excluding steroid dienone is 2. The van der Waals surface area contributed by atoms with Gasteiger partial charge in [0.2, 0.25) is 5.28 Å². The maximum atomic E-state index is 14.2. The standard InChI is InChI=1S/C28H23BClF2N5O2/c1-16-14-18(3)33-24(16)23(25-17(2)15-19(4)37(25)29(31)32)20-10-12-22(13-11-20)39-28-35-26(30)34-27(36-28)38-21-8-6-5-7-9-21/h5-15H,1-4H3/b24-23-. The van der Waals surface area contributed by atoms with Gasteiger partial charge in [0.25, 0.3) is 0 Å². The second-order valence-electron chi connectivity index (χ2n) is 8.98. The van der Waals surface area contributed by atoms with Crippen LogP contribution in [0.5, 0.6) is 23.5 Å². The molecule has 3 heterocycles. The summed E-state index contributed by atoms with van der Waals surface area (Å²) in [5.41, 5.74) is 5.29. The molecule has 0 fully saturated rings. The molecule has 0 bridgehead atoms. The molecule has 0 saturated carbocycles. The van der Waals surface area contributed by atoms with Gasteiger partial charge in [-0.2, -0.15) is 9.97 Å². The predicted molar refractivity (Wildman–Crippen MR) is 148 cm³/mol. The average molecular weight is 546 g/mol. The Labute approximate surface area is 229 Å². The Hall–Kier alpha value is -4.31. The Bertz CT molecular complexity index is 1630. The first-order chi connectivity index (χ1) is 18.7. The first-order valence-electron chi connectivity index (χ1n) is 12.1. The third-order valence-electron chi connectivity index (χ3n) is 6.05. The summed E-state index contributed by atoms with van der Waals surface area (Å²) in [6.45, 7) is 7.29. The molecule has 0 spiro atoms. The molecule has 0 saturated heterocycles. The Kier molecular flexibility index (Phi) is 7.30. The SMILES string of the molecule is CC1=CC(C)=N/C1=C(/c1ccc(Oc2nc(Cl)nc(Oc3ccccc3)n2)cc1)c1c(C)cc(C)n1B(F)F. The van der Waals surface area contributed by atoms with Crippen molar-refractivity contribution in [2.45, 2.75) is 27.7 Å². The topological polar surface area (TPSA) is 74.4 Å². The fourth-order valence-electron chi connectivity index (χ4n) is 4.50. The fraction of sp³-hybridized carbons (Fsp3) is 0.143. The molecule has 1 aliphatic heterocycles. The number of nitrogens with zero attached hydrogens (tertiary/aromatic N) is 5. The molecule has 0 amide bonds. The van der Waals surface area contributed by atoms with E-state index in [0.717, 1.165) is 21.3 Å². The first-order valence-corrected chi connectivity index (χ1v) is 12.5. The molecule has 196 valence electrons. The van der Waals surface area contributed by atoms with Crippen molar-refractivity contribution in [1.82, 2.24) is 19.4 Å². The lowest BCUT2D eigenvalue weighted by Gasteiger charge is -2.17. The molecular formula is C28H23BClF2N5O2. The second-order valence-corrected chi connectivity index (χ2v) is 9.32. The van der Waals surface area contributed by atoms with Crippen LogP contribution in [0.25, 0.3) is 5.57 Å². The lowest BCUT2D eigenvalue weighted by Crippen LogP contribution is -2.18. The Morgan fingerprint density at radius 1 is 0.846 bits per heavy atom. The van der Waals surface area contributed by atoms with Gasteiger partial charge in [-0.25, -0.2) is 0 Å². The molecule has 11 heteroatoms. The maximum absolute atomic E-state index is 14.2. The number of para-hydroxylation sites is 1. The van der Waals surface area contributed by atoms with E-state index in [1.807, 2.05) is 45.0 Å². The van der Waals surface area contributed by atoms with Crippen LogP contribution < -0.4 is 9.47 Å². The summed E-state index contributed by atoms with van der Waals surface area (Å²) in [5, 5.41) is -0.0927.